The minimum Gasteiger partial charge on any atom is -0.358 e. The SMILES string of the molecule is CN1CCN(c2ccc(CNC(C)(C)C)cc2F)CC1=O. The number of carbonyl (C=O) groups is 1. The normalized spacial score (nSPS) is 16.5. The van der Waals surface area contributed by atoms with Gasteiger partial charge in [0, 0.05) is 32.2 Å². The first-order valence-electron chi connectivity index (χ1n) is 7.28. The Bertz CT molecular complexity index is 525. The van der Waals surface area contributed by atoms with Crippen LogP contribution < -0.4 is 10.2 Å². The predicted octanol–water partition coefficient (Wildman–Crippen LogP) is 1.99. The van der Waals surface area contributed by atoms with E-state index in [9.17, 15) is 9.18 Å². The lowest BCUT2D eigenvalue weighted by atomic mass is 10.1. The molecule has 0 aromatic heterocycles. The summed E-state index contributed by atoms with van der Waals surface area (Å²) in [5.74, 6) is -0.236. The van der Waals surface area contributed by atoms with Crippen molar-refractivity contribution in [2.24, 2.45) is 0 Å². The highest BCUT2D eigenvalue weighted by molar-refractivity contribution is 5.82. The summed E-state index contributed by atoms with van der Waals surface area (Å²) in [6.45, 7) is 8.40. The Hall–Kier alpha value is -1.62. The van der Waals surface area contributed by atoms with Crippen LogP contribution in [0.4, 0.5) is 10.1 Å². The van der Waals surface area contributed by atoms with E-state index in [4.69, 9.17) is 0 Å². The van der Waals surface area contributed by atoms with Gasteiger partial charge in [-0.05, 0) is 38.5 Å². The van der Waals surface area contributed by atoms with E-state index in [2.05, 4.69) is 26.1 Å². The van der Waals surface area contributed by atoms with Crippen molar-refractivity contribution in [3.05, 3.63) is 29.6 Å². The Morgan fingerprint density at radius 2 is 2.00 bits per heavy atom. The van der Waals surface area contributed by atoms with Gasteiger partial charge in [0.25, 0.3) is 0 Å². The van der Waals surface area contributed by atoms with Crippen molar-refractivity contribution in [2.45, 2.75) is 32.9 Å². The number of nitrogens with zero attached hydrogens (tertiary/aromatic N) is 2. The molecule has 1 amide bonds. The number of hydrogen-bond donors (Lipinski definition) is 1. The van der Waals surface area contributed by atoms with E-state index in [1.54, 1.807) is 29.0 Å². The Balaban J connectivity index is 2.07. The molecule has 1 aromatic carbocycles. The first-order valence-corrected chi connectivity index (χ1v) is 7.28. The number of rotatable bonds is 3. The third kappa shape index (κ3) is 4.17. The predicted molar refractivity (Wildman–Crippen MR) is 82.8 cm³/mol. The third-order valence-electron chi connectivity index (χ3n) is 3.63. The minimum atomic E-state index is -0.263. The summed E-state index contributed by atoms with van der Waals surface area (Å²) in [6.07, 6.45) is 0. The smallest absolute Gasteiger partial charge is 0.241 e. The summed E-state index contributed by atoms with van der Waals surface area (Å²) in [5, 5.41) is 3.34. The molecule has 1 aliphatic rings. The largest absolute Gasteiger partial charge is 0.358 e. The highest BCUT2D eigenvalue weighted by Gasteiger charge is 2.23. The van der Waals surface area contributed by atoms with E-state index in [0.29, 0.717) is 25.3 Å². The van der Waals surface area contributed by atoms with Crippen LogP contribution >= 0.6 is 0 Å². The van der Waals surface area contributed by atoms with Crippen LogP contribution in [0.1, 0.15) is 26.3 Å². The van der Waals surface area contributed by atoms with Gasteiger partial charge in [0.05, 0.1) is 12.2 Å². The molecule has 1 aliphatic heterocycles. The van der Waals surface area contributed by atoms with E-state index in [1.807, 2.05) is 6.07 Å². The number of halogens is 1. The molecule has 0 radical (unpaired) electrons. The first-order chi connectivity index (χ1) is 9.76. The third-order valence-corrected chi connectivity index (χ3v) is 3.63. The van der Waals surface area contributed by atoms with E-state index in [0.717, 1.165) is 5.56 Å². The molecule has 1 heterocycles. The number of benzene rings is 1. The molecule has 0 saturated carbocycles. The molecule has 4 nitrogen and oxygen atoms in total. The number of nitrogens with one attached hydrogen (secondary N) is 1. The van der Waals surface area contributed by atoms with Gasteiger partial charge in [-0.15, -0.1) is 0 Å². The van der Waals surface area contributed by atoms with Gasteiger partial charge in [-0.2, -0.15) is 0 Å². The molecule has 1 fully saturated rings. The van der Waals surface area contributed by atoms with E-state index in [1.165, 1.54) is 0 Å². The number of anilines is 1. The fourth-order valence-corrected chi connectivity index (χ4v) is 2.25. The molecule has 0 atom stereocenters. The van der Waals surface area contributed by atoms with Crippen LogP contribution in [0.3, 0.4) is 0 Å². The van der Waals surface area contributed by atoms with Gasteiger partial charge in [0.2, 0.25) is 5.91 Å². The maximum Gasteiger partial charge on any atom is 0.241 e. The van der Waals surface area contributed by atoms with Gasteiger partial charge in [-0.25, -0.2) is 4.39 Å². The van der Waals surface area contributed by atoms with Crippen LogP contribution in [0, 0.1) is 5.82 Å². The average Bonchev–Trinajstić information content (AvgIpc) is 2.39. The van der Waals surface area contributed by atoms with Gasteiger partial charge < -0.3 is 15.1 Å². The monoisotopic (exact) mass is 293 g/mol. The van der Waals surface area contributed by atoms with Crippen molar-refractivity contribution in [1.29, 1.82) is 0 Å². The van der Waals surface area contributed by atoms with Gasteiger partial charge >= 0.3 is 0 Å². The topological polar surface area (TPSA) is 35.6 Å². The zero-order valence-electron chi connectivity index (χ0n) is 13.2. The molecule has 116 valence electrons. The highest BCUT2D eigenvalue weighted by Crippen LogP contribution is 2.22. The van der Waals surface area contributed by atoms with E-state index in [-0.39, 0.29) is 23.8 Å². The summed E-state index contributed by atoms with van der Waals surface area (Å²) in [4.78, 5) is 15.2. The molecule has 0 aliphatic carbocycles. The Kier molecular flexibility index (Phi) is 4.52. The number of carbonyl (C=O) groups excluding carboxylic acids is 1. The fourth-order valence-electron chi connectivity index (χ4n) is 2.25. The van der Waals surface area contributed by atoms with Crippen LogP contribution in [0.25, 0.3) is 0 Å². The summed E-state index contributed by atoms with van der Waals surface area (Å²) < 4.78 is 14.3. The van der Waals surface area contributed by atoms with Crippen LogP contribution in [-0.4, -0.2) is 43.0 Å². The zero-order chi connectivity index (χ0) is 15.6. The number of amides is 1. The Labute approximate surface area is 125 Å². The summed E-state index contributed by atoms with van der Waals surface area (Å²) in [5.41, 5.74) is 1.42. The summed E-state index contributed by atoms with van der Waals surface area (Å²) in [7, 11) is 1.78. The average molecular weight is 293 g/mol. The molecule has 21 heavy (non-hydrogen) atoms. The van der Waals surface area contributed by atoms with Crippen LogP contribution in [0.5, 0.6) is 0 Å². The molecular formula is C16H24FN3O. The van der Waals surface area contributed by atoms with Gasteiger partial charge in [-0.1, -0.05) is 6.07 Å². The minimum absolute atomic E-state index is 0.000971. The van der Waals surface area contributed by atoms with E-state index >= 15 is 0 Å². The van der Waals surface area contributed by atoms with Crippen molar-refractivity contribution in [3.8, 4) is 0 Å². The lowest BCUT2D eigenvalue weighted by Crippen LogP contribution is -2.48. The van der Waals surface area contributed by atoms with Crippen molar-refractivity contribution in [3.63, 3.8) is 0 Å². The molecule has 0 bridgehead atoms. The molecule has 0 unspecified atom stereocenters. The maximum atomic E-state index is 14.3. The summed E-state index contributed by atoms with van der Waals surface area (Å²) in [6, 6.07) is 5.24. The Morgan fingerprint density at radius 3 is 2.57 bits per heavy atom. The Morgan fingerprint density at radius 1 is 1.29 bits per heavy atom. The standard InChI is InChI=1S/C16H24FN3O/c1-16(2,3)18-10-12-5-6-14(13(17)9-12)20-8-7-19(4)15(21)11-20/h5-6,9,18H,7-8,10-11H2,1-4H3. The fraction of sp³-hybridized carbons (Fsp3) is 0.562. The van der Waals surface area contributed by atoms with Crippen LogP contribution in [-0.2, 0) is 11.3 Å². The maximum absolute atomic E-state index is 14.3. The molecule has 1 saturated heterocycles. The molecule has 1 aromatic rings. The zero-order valence-corrected chi connectivity index (χ0v) is 13.2. The number of likely N-dealkylation sites (N-methyl/N-ethyl adjacent to an activating group) is 1. The first kappa shape index (κ1) is 15.8. The van der Waals surface area contributed by atoms with Crippen molar-refractivity contribution in [1.82, 2.24) is 10.2 Å². The second-order valence-corrected chi connectivity index (χ2v) is 6.63. The molecular weight excluding hydrogens is 269 g/mol. The molecule has 1 N–H and O–H groups in total. The van der Waals surface area contributed by atoms with Crippen molar-refractivity contribution >= 4 is 11.6 Å². The molecule has 2 rings (SSSR count). The van der Waals surface area contributed by atoms with Crippen molar-refractivity contribution < 1.29 is 9.18 Å². The van der Waals surface area contributed by atoms with Gasteiger partial charge in [0.15, 0.2) is 0 Å². The second kappa shape index (κ2) is 6.02. The quantitative estimate of drug-likeness (QED) is 0.926. The second-order valence-electron chi connectivity index (χ2n) is 6.63. The van der Waals surface area contributed by atoms with Gasteiger partial charge in [0.1, 0.15) is 5.82 Å². The van der Waals surface area contributed by atoms with Crippen LogP contribution in [0.2, 0.25) is 0 Å². The summed E-state index contributed by atoms with van der Waals surface area (Å²) >= 11 is 0. The number of piperazine rings is 1. The van der Waals surface area contributed by atoms with Gasteiger partial charge in [-0.3, -0.25) is 4.79 Å². The molecule has 5 heteroatoms. The number of hydrogen-bond acceptors (Lipinski definition) is 3. The lowest BCUT2D eigenvalue weighted by Gasteiger charge is -2.33. The van der Waals surface area contributed by atoms with Crippen molar-refractivity contribution in [2.75, 3.05) is 31.6 Å². The van der Waals surface area contributed by atoms with E-state index < -0.39 is 0 Å². The molecule has 0 spiro atoms. The lowest BCUT2D eigenvalue weighted by molar-refractivity contribution is -0.129. The van der Waals surface area contributed by atoms with Crippen LogP contribution in [0.15, 0.2) is 18.2 Å². The highest BCUT2D eigenvalue weighted by atomic mass is 19.1.